The van der Waals surface area contributed by atoms with Crippen LogP contribution in [0, 0.1) is 13.8 Å². The topological polar surface area (TPSA) is 69.9 Å². The molecule has 8 nitrogen and oxygen atoms in total. The van der Waals surface area contributed by atoms with Gasteiger partial charge in [0.1, 0.15) is 17.1 Å². The van der Waals surface area contributed by atoms with E-state index in [1.54, 1.807) is 4.90 Å². The van der Waals surface area contributed by atoms with Crippen molar-refractivity contribution in [1.82, 2.24) is 19.4 Å². The van der Waals surface area contributed by atoms with Crippen molar-refractivity contribution in [1.29, 1.82) is 0 Å². The standard InChI is InChI=1S/C21H26N2O3.C16H18N2O.CH4.ClH/c1-15-9-10-18-21(25-17-8-6-5-7-16(17)23(15)18)11-13-22(14-12-21)19(24)26-20(2,3)4;1-12-6-7-15-16(8-10-17-11-9-16)19-14-5-3-2-4-13(14)18(12)15;;/h5-10H,11-14H2,1-4H3;2-7,17H,8-11H2,1H3;1H4;1H. The fourth-order valence-corrected chi connectivity index (χ4v) is 7.33. The monoisotopic (exact) mass is 660 g/mol. The molecule has 8 rings (SSSR count). The van der Waals surface area contributed by atoms with E-state index in [0.717, 1.165) is 56.0 Å². The number of likely N-dealkylation sites (tertiary alicyclic amines) is 1. The molecular weight excluding hydrogens is 612 g/mol. The maximum Gasteiger partial charge on any atom is 0.410 e. The van der Waals surface area contributed by atoms with Gasteiger partial charge in [-0.25, -0.2) is 4.79 Å². The summed E-state index contributed by atoms with van der Waals surface area (Å²) in [5.41, 5.74) is 6.22. The molecule has 2 aromatic heterocycles. The number of nitrogens with one attached hydrogen (secondary N) is 1. The van der Waals surface area contributed by atoms with E-state index in [1.165, 1.54) is 28.5 Å². The van der Waals surface area contributed by atoms with Crippen LogP contribution in [0.5, 0.6) is 11.5 Å². The fraction of sp³-hybridized carbons (Fsp3) is 0.447. The molecule has 2 aromatic carbocycles. The normalized spacial score (nSPS) is 17.9. The molecule has 4 aromatic rings. The molecule has 4 aliphatic rings. The smallest absolute Gasteiger partial charge is 0.410 e. The van der Waals surface area contributed by atoms with Gasteiger partial charge in [-0.3, -0.25) is 0 Å². The number of hydrogen-bond donors (Lipinski definition) is 1. The van der Waals surface area contributed by atoms with Crippen molar-refractivity contribution in [2.24, 2.45) is 0 Å². The first-order chi connectivity index (χ1) is 21.6. The molecule has 1 amide bonds. The van der Waals surface area contributed by atoms with E-state index in [-0.39, 0.29) is 37.1 Å². The van der Waals surface area contributed by atoms with Crippen LogP contribution in [-0.4, -0.2) is 51.9 Å². The van der Waals surface area contributed by atoms with E-state index in [0.29, 0.717) is 13.1 Å². The number of ether oxygens (including phenoxy) is 3. The average molecular weight is 661 g/mol. The number of carbonyl (C=O) groups excluding carboxylic acids is 1. The minimum absolute atomic E-state index is 0. The molecule has 252 valence electrons. The van der Waals surface area contributed by atoms with Crippen LogP contribution in [0.1, 0.15) is 76.7 Å². The van der Waals surface area contributed by atoms with Crippen molar-refractivity contribution in [3.05, 3.63) is 95.6 Å². The number of fused-ring (bicyclic) bond motifs is 8. The number of piperidine rings is 2. The number of nitrogens with zero attached hydrogens (tertiary/aromatic N) is 3. The number of rotatable bonds is 0. The Bertz CT molecular complexity index is 1720. The molecular formula is C38H49ClN4O4. The van der Waals surface area contributed by atoms with E-state index in [9.17, 15) is 4.79 Å². The predicted octanol–water partition coefficient (Wildman–Crippen LogP) is 8.22. The molecule has 0 aliphatic carbocycles. The third kappa shape index (κ3) is 6.14. The zero-order chi connectivity index (χ0) is 31.4. The summed E-state index contributed by atoms with van der Waals surface area (Å²) in [6.45, 7) is 13.3. The zero-order valence-electron chi connectivity index (χ0n) is 27.5. The maximum absolute atomic E-state index is 12.4. The van der Waals surface area contributed by atoms with Crippen LogP contribution in [0.15, 0.2) is 72.8 Å². The van der Waals surface area contributed by atoms with E-state index in [4.69, 9.17) is 14.2 Å². The Kier molecular flexibility index (Phi) is 9.50. The lowest BCUT2D eigenvalue weighted by Crippen LogP contribution is -2.50. The van der Waals surface area contributed by atoms with Crippen molar-refractivity contribution in [3.8, 4) is 22.9 Å². The number of hydrogen-bond acceptors (Lipinski definition) is 5. The van der Waals surface area contributed by atoms with Gasteiger partial charge >= 0.3 is 6.09 Å². The van der Waals surface area contributed by atoms with Crippen molar-refractivity contribution >= 4 is 18.5 Å². The van der Waals surface area contributed by atoms with Gasteiger partial charge in [-0.15, -0.1) is 12.4 Å². The number of benzene rings is 2. The molecule has 0 atom stereocenters. The Morgan fingerprint density at radius 2 is 1.17 bits per heavy atom. The zero-order valence-corrected chi connectivity index (χ0v) is 28.3. The van der Waals surface area contributed by atoms with Gasteiger partial charge in [-0.2, -0.15) is 0 Å². The Morgan fingerprint density at radius 3 is 1.64 bits per heavy atom. The molecule has 0 saturated carbocycles. The number of para-hydroxylation sites is 4. The van der Waals surface area contributed by atoms with Crippen molar-refractivity contribution in [3.63, 3.8) is 0 Å². The Hall–Kier alpha value is -3.88. The third-order valence-corrected chi connectivity index (χ3v) is 9.54. The molecule has 2 saturated heterocycles. The highest BCUT2D eigenvalue weighted by Crippen LogP contribution is 2.46. The fourth-order valence-electron chi connectivity index (χ4n) is 7.33. The second kappa shape index (κ2) is 13.0. The summed E-state index contributed by atoms with van der Waals surface area (Å²) in [6.07, 6.45) is 3.33. The molecule has 0 radical (unpaired) electrons. The first-order valence-electron chi connectivity index (χ1n) is 16.2. The Balaban J connectivity index is 0.000000184. The minimum Gasteiger partial charge on any atom is -0.479 e. The van der Waals surface area contributed by atoms with E-state index < -0.39 is 5.60 Å². The number of carbonyl (C=O) groups is 1. The highest BCUT2D eigenvalue weighted by atomic mass is 35.5. The van der Waals surface area contributed by atoms with Gasteiger partial charge < -0.3 is 33.6 Å². The Labute approximate surface area is 285 Å². The van der Waals surface area contributed by atoms with Crippen LogP contribution in [0.3, 0.4) is 0 Å². The highest BCUT2D eigenvalue weighted by molar-refractivity contribution is 5.85. The van der Waals surface area contributed by atoms with Gasteiger partial charge in [0.25, 0.3) is 0 Å². The molecule has 0 unspecified atom stereocenters. The van der Waals surface area contributed by atoms with Crippen LogP contribution in [0.25, 0.3) is 11.4 Å². The van der Waals surface area contributed by atoms with Crippen LogP contribution >= 0.6 is 12.4 Å². The molecule has 6 heterocycles. The van der Waals surface area contributed by atoms with Crippen LogP contribution < -0.4 is 14.8 Å². The Morgan fingerprint density at radius 1 is 0.723 bits per heavy atom. The second-order valence-electron chi connectivity index (χ2n) is 13.7. The molecule has 2 fully saturated rings. The van der Waals surface area contributed by atoms with Crippen LogP contribution in [-0.2, 0) is 15.9 Å². The number of amides is 1. The van der Waals surface area contributed by atoms with Gasteiger partial charge in [-0.1, -0.05) is 31.7 Å². The molecule has 47 heavy (non-hydrogen) atoms. The van der Waals surface area contributed by atoms with Crippen molar-refractivity contribution in [2.75, 3.05) is 26.2 Å². The summed E-state index contributed by atoms with van der Waals surface area (Å²) in [4.78, 5) is 14.2. The van der Waals surface area contributed by atoms with Crippen molar-refractivity contribution in [2.45, 2.75) is 84.5 Å². The van der Waals surface area contributed by atoms with Gasteiger partial charge in [0.15, 0.2) is 11.2 Å². The van der Waals surface area contributed by atoms with E-state index in [1.807, 2.05) is 39.0 Å². The first-order valence-corrected chi connectivity index (χ1v) is 16.2. The average Bonchev–Trinajstić information content (AvgIpc) is 3.62. The minimum atomic E-state index is -0.474. The first kappa shape index (κ1) is 34.5. The number of halogens is 1. The summed E-state index contributed by atoms with van der Waals surface area (Å²) < 4.78 is 23.2. The van der Waals surface area contributed by atoms with Gasteiger partial charge in [0.2, 0.25) is 0 Å². The second-order valence-corrected chi connectivity index (χ2v) is 13.7. The summed E-state index contributed by atoms with van der Waals surface area (Å²) in [7, 11) is 0. The SMILES string of the molecule is C.Cc1ccc2n1-c1ccccc1OC21CCN(C(=O)OC(C)(C)C)CC1.Cc1ccc2n1-c1ccccc1OC21CCNCC1.Cl. The maximum atomic E-state index is 12.4. The summed E-state index contributed by atoms with van der Waals surface area (Å²) >= 11 is 0. The largest absolute Gasteiger partial charge is 0.479 e. The molecule has 4 aliphatic heterocycles. The molecule has 2 spiro atoms. The summed E-state index contributed by atoms with van der Waals surface area (Å²) in [5, 5.41) is 3.43. The van der Waals surface area contributed by atoms with Crippen LogP contribution in [0.2, 0.25) is 0 Å². The summed E-state index contributed by atoms with van der Waals surface area (Å²) in [6, 6.07) is 25.2. The molecule has 1 N–H and O–H groups in total. The summed E-state index contributed by atoms with van der Waals surface area (Å²) in [5.74, 6) is 1.92. The van der Waals surface area contributed by atoms with Crippen LogP contribution in [0.4, 0.5) is 4.79 Å². The molecule has 0 bridgehead atoms. The lowest BCUT2D eigenvalue weighted by atomic mass is 9.86. The van der Waals surface area contributed by atoms with Gasteiger partial charge in [0.05, 0.1) is 22.8 Å². The lowest BCUT2D eigenvalue weighted by molar-refractivity contribution is -0.0269. The van der Waals surface area contributed by atoms with E-state index >= 15 is 0 Å². The lowest BCUT2D eigenvalue weighted by Gasteiger charge is -2.45. The quantitative estimate of drug-likeness (QED) is 0.206. The predicted molar refractivity (Wildman–Crippen MR) is 189 cm³/mol. The van der Waals surface area contributed by atoms with Gasteiger partial charge in [0, 0.05) is 50.2 Å². The third-order valence-electron chi connectivity index (χ3n) is 9.54. The highest BCUT2D eigenvalue weighted by Gasteiger charge is 2.46. The number of aryl methyl sites for hydroxylation is 2. The van der Waals surface area contributed by atoms with Gasteiger partial charge in [-0.05, 0) is 96.2 Å². The molecule has 9 heteroatoms. The number of aromatic nitrogens is 2. The van der Waals surface area contributed by atoms with E-state index in [2.05, 4.69) is 82.9 Å². The van der Waals surface area contributed by atoms with Crippen molar-refractivity contribution < 1.29 is 19.0 Å².